The molecule has 0 aliphatic heterocycles. The zero-order chi connectivity index (χ0) is 20.2. The third-order valence-electron chi connectivity index (χ3n) is 4.97. The number of nitrogens with one attached hydrogen (secondary N) is 2. The van der Waals surface area contributed by atoms with Crippen molar-refractivity contribution in [3.63, 3.8) is 0 Å². The van der Waals surface area contributed by atoms with Gasteiger partial charge in [0, 0.05) is 35.1 Å². The van der Waals surface area contributed by atoms with Gasteiger partial charge in [0.1, 0.15) is 6.07 Å². The Morgan fingerprint density at radius 1 is 1.00 bits per heavy atom. The average molecular weight is 400 g/mol. The Morgan fingerprint density at radius 2 is 1.76 bits per heavy atom. The summed E-state index contributed by atoms with van der Waals surface area (Å²) in [6, 6.07) is 24.8. The number of hydrogen-bond donors (Lipinski definition) is 2. The van der Waals surface area contributed by atoms with Crippen LogP contribution < -0.4 is 5.32 Å². The molecule has 4 aromatic rings. The molecule has 4 nitrogen and oxygen atoms in total. The first kappa shape index (κ1) is 18.8. The minimum Gasteiger partial charge on any atom is -0.361 e. The van der Waals surface area contributed by atoms with Crippen LogP contribution in [-0.2, 0) is 4.79 Å². The van der Waals surface area contributed by atoms with E-state index >= 15 is 0 Å². The maximum Gasteiger partial charge on any atom is 0.225 e. The second-order valence-electron chi connectivity index (χ2n) is 6.78. The first-order chi connectivity index (χ1) is 14.2. The Kier molecular flexibility index (Phi) is 5.33. The number of benzene rings is 3. The Labute approximate surface area is 173 Å². The summed E-state index contributed by atoms with van der Waals surface area (Å²) in [6.45, 7) is 0. The molecule has 1 amide bonds. The molecule has 5 heteroatoms. The number of anilines is 1. The van der Waals surface area contributed by atoms with Gasteiger partial charge in [-0.25, -0.2) is 0 Å². The normalized spacial score (nSPS) is 11.7. The lowest BCUT2D eigenvalue weighted by atomic mass is 9.87. The number of nitrogens with zero attached hydrogens (tertiary/aromatic N) is 1. The molecular formula is C24H18ClN3O. The molecule has 1 heterocycles. The van der Waals surface area contributed by atoms with E-state index in [1.807, 2.05) is 66.9 Å². The quantitative estimate of drug-likeness (QED) is 0.441. The average Bonchev–Trinajstić information content (AvgIpc) is 3.17. The SMILES string of the molecule is N#Cc1cccc([C@H](CC(=O)Nc2ccccc2)c2c[nH]c3ccccc23)c1Cl. The van der Waals surface area contributed by atoms with Crippen molar-refractivity contribution in [3.05, 3.63) is 101 Å². The maximum absolute atomic E-state index is 12.9. The van der Waals surface area contributed by atoms with Gasteiger partial charge in [0.25, 0.3) is 0 Å². The van der Waals surface area contributed by atoms with Gasteiger partial charge in [-0.3, -0.25) is 4.79 Å². The van der Waals surface area contributed by atoms with Crippen LogP contribution in [0.15, 0.2) is 79.0 Å². The fourth-order valence-electron chi connectivity index (χ4n) is 3.59. The highest BCUT2D eigenvalue weighted by molar-refractivity contribution is 6.32. The molecule has 142 valence electrons. The molecule has 0 saturated carbocycles. The molecule has 0 saturated heterocycles. The molecular weight excluding hydrogens is 382 g/mol. The predicted molar refractivity (Wildman–Crippen MR) is 116 cm³/mol. The van der Waals surface area contributed by atoms with Crippen molar-refractivity contribution in [2.75, 3.05) is 5.32 Å². The standard InChI is InChI=1S/C24H18ClN3O/c25-24-16(14-26)7-6-11-19(24)20(13-23(29)28-17-8-2-1-3-9-17)21-15-27-22-12-5-4-10-18(21)22/h1-12,15,20,27H,13H2,(H,28,29)/t20-/m0/s1. The molecule has 0 radical (unpaired) electrons. The third-order valence-corrected chi connectivity index (χ3v) is 5.39. The molecule has 0 unspecified atom stereocenters. The van der Waals surface area contributed by atoms with Crippen LogP contribution in [-0.4, -0.2) is 10.9 Å². The second kappa shape index (κ2) is 8.22. The second-order valence-corrected chi connectivity index (χ2v) is 7.16. The molecule has 0 bridgehead atoms. The molecule has 4 rings (SSSR count). The number of carbonyl (C=O) groups is 1. The molecule has 2 N–H and O–H groups in total. The molecule has 0 fully saturated rings. The summed E-state index contributed by atoms with van der Waals surface area (Å²) in [7, 11) is 0. The number of rotatable bonds is 5. The van der Waals surface area contributed by atoms with Gasteiger partial charge in [-0.15, -0.1) is 0 Å². The summed E-state index contributed by atoms with van der Waals surface area (Å²) >= 11 is 6.55. The highest BCUT2D eigenvalue weighted by Gasteiger charge is 2.24. The van der Waals surface area contributed by atoms with Gasteiger partial charge in [0.05, 0.1) is 10.6 Å². The van der Waals surface area contributed by atoms with E-state index in [9.17, 15) is 10.1 Å². The van der Waals surface area contributed by atoms with Crippen molar-refractivity contribution in [1.29, 1.82) is 5.26 Å². The summed E-state index contributed by atoms with van der Waals surface area (Å²) in [4.78, 5) is 16.1. The number of nitriles is 1. The van der Waals surface area contributed by atoms with E-state index in [-0.39, 0.29) is 18.2 Å². The number of H-pyrrole nitrogens is 1. The van der Waals surface area contributed by atoms with Crippen LogP contribution in [0, 0.1) is 11.3 Å². The van der Waals surface area contributed by atoms with Crippen molar-refractivity contribution < 1.29 is 4.79 Å². The van der Waals surface area contributed by atoms with E-state index < -0.39 is 0 Å². The molecule has 1 atom stereocenters. The van der Waals surface area contributed by atoms with Crippen LogP contribution in [0.2, 0.25) is 5.02 Å². The summed E-state index contributed by atoms with van der Waals surface area (Å²) in [5.41, 5.74) is 3.87. The van der Waals surface area contributed by atoms with Crippen LogP contribution in [0.3, 0.4) is 0 Å². The highest BCUT2D eigenvalue weighted by Crippen LogP contribution is 2.38. The zero-order valence-corrected chi connectivity index (χ0v) is 16.3. The lowest BCUT2D eigenvalue weighted by Crippen LogP contribution is -2.16. The molecule has 0 spiro atoms. The lowest BCUT2D eigenvalue weighted by molar-refractivity contribution is -0.116. The predicted octanol–water partition coefficient (Wildman–Crippen LogP) is 5.85. The Bertz CT molecular complexity index is 1210. The first-order valence-corrected chi connectivity index (χ1v) is 9.64. The Hall–Kier alpha value is -3.55. The largest absolute Gasteiger partial charge is 0.361 e. The van der Waals surface area contributed by atoms with Crippen LogP contribution >= 0.6 is 11.6 Å². The number of halogens is 1. The number of para-hydroxylation sites is 2. The van der Waals surface area contributed by atoms with Crippen molar-refractivity contribution in [2.24, 2.45) is 0 Å². The molecule has 0 aliphatic rings. The van der Waals surface area contributed by atoms with E-state index in [0.717, 1.165) is 27.7 Å². The molecule has 0 aliphatic carbocycles. The van der Waals surface area contributed by atoms with Crippen LogP contribution in [0.5, 0.6) is 0 Å². The smallest absolute Gasteiger partial charge is 0.225 e. The Balaban J connectivity index is 1.76. The number of aromatic nitrogens is 1. The fourth-order valence-corrected chi connectivity index (χ4v) is 3.89. The van der Waals surface area contributed by atoms with Crippen LogP contribution in [0.1, 0.15) is 29.0 Å². The number of amides is 1. The number of fused-ring (bicyclic) bond motifs is 1. The van der Waals surface area contributed by atoms with E-state index in [2.05, 4.69) is 16.4 Å². The molecule has 3 aromatic carbocycles. The van der Waals surface area contributed by atoms with E-state index in [1.165, 1.54) is 0 Å². The van der Waals surface area contributed by atoms with Crippen molar-refractivity contribution in [2.45, 2.75) is 12.3 Å². The molecule has 1 aromatic heterocycles. The summed E-state index contributed by atoms with van der Waals surface area (Å²) in [5.74, 6) is -0.416. The summed E-state index contributed by atoms with van der Waals surface area (Å²) in [6.07, 6.45) is 2.12. The van der Waals surface area contributed by atoms with Crippen molar-refractivity contribution in [3.8, 4) is 6.07 Å². The van der Waals surface area contributed by atoms with Gasteiger partial charge in [-0.2, -0.15) is 5.26 Å². The Morgan fingerprint density at radius 3 is 2.55 bits per heavy atom. The van der Waals surface area contributed by atoms with E-state index in [4.69, 9.17) is 11.6 Å². The van der Waals surface area contributed by atoms with Crippen LogP contribution in [0.4, 0.5) is 5.69 Å². The van der Waals surface area contributed by atoms with Crippen LogP contribution in [0.25, 0.3) is 10.9 Å². The minimum atomic E-state index is -0.296. The topological polar surface area (TPSA) is 68.7 Å². The fraction of sp³-hybridized carbons (Fsp3) is 0.0833. The third kappa shape index (κ3) is 3.87. The van der Waals surface area contributed by atoms with E-state index in [0.29, 0.717) is 10.6 Å². The minimum absolute atomic E-state index is 0.120. The monoisotopic (exact) mass is 399 g/mol. The van der Waals surface area contributed by atoms with Crippen molar-refractivity contribution in [1.82, 2.24) is 4.98 Å². The summed E-state index contributed by atoms with van der Waals surface area (Å²) < 4.78 is 0. The van der Waals surface area contributed by atoms with Gasteiger partial charge in [-0.1, -0.05) is 60.1 Å². The molecule has 29 heavy (non-hydrogen) atoms. The maximum atomic E-state index is 12.9. The first-order valence-electron chi connectivity index (χ1n) is 9.27. The van der Waals surface area contributed by atoms with Gasteiger partial charge in [0.15, 0.2) is 0 Å². The van der Waals surface area contributed by atoms with Gasteiger partial charge in [0.2, 0.25) is 5.91 Å². The zero-order valence-electron chi connectivity index (χ0n) is 15.5. The number of hydrogen-bond acceptors (Lipinski definition) is 2. The van der Waals surface area contributed by atoms with Crippen molar-refractivity contribution >= 4 is 34.1 Å². The highest BCUT2D eigenvalue weighted by atomic mass is 35.5. The number of aromatic amines is 1. The van der Waals surface area contributed by atoms with Gasteiger partial charge in [-0.05, 0) is 35.4 Å². The van der Waals surface area contributed by atoms with Gasteiger partial charge >= 0.3 is 0 Å². The summed E-state index contributed by atoms with van der Waals surface area (Å²) in [5, 5.41) is 13.7. The van der Waals surface area contributed by atoms with E-state index in [1.54, 1.807) is 12.1 Å². The van der Waals surface area contributed by atoms with Gasteiger partial charge < -0.3 is 10.3 Å². The number of carbonyl (C=O) groups excluding carboxylic acids is 1. The lowest BCUT2D eigenvalue weighted by Gasteiger charge is -2.19.